The average Bonchev–Trinajstić information content (AvgIpc) is 2.78. The number of amides is 1. The van der Waals surface area contributed by atoms with Crippen LogP contribution in [-0.2, 0) is 0 Å². The van der Waals surface area contributed by atoms with Crippen LogP contribution in [0.3, 0.4) is 0 Å². The minimum Gasteiger partial charge on any atom is -0.340 e. The molecule has 0 aliphatic heterocycles. The van der Waals surface area contributed by atoms with Gasteiger partial charge in [-0.15, -0.1) is 11.5 Å². The van der Waals surface area contributed by atoms with Gasteiger partial charge in [0, 0.05) is 0 Å². The van der Waals surface area contributed by atoms with Crippen molar-refractivity contribution in [1.29, 1.82) is 0 Å². The molecule has 6 heteroatoms. The summed E-state index contributed by atoms with van der Waals surface area (Å²) in [4.78, 5) is 11.8. The van der Waals surface area contributed by atoms with E-state index in [-0.39, 0.29) is 18.1 Å². The summed E-state index contributed by atoms with van der Waals surface area (Å²) >= 11 is 6.09. The van der Waals surface area contributed by atoms with Crippen LogP contribution in [0.5, 0.6) is 0 Å². The first-order valence-electron chi connectivity index (χ1n) is 5.54. The molecule has 0 bridgehead atoms. The zero-order valence-corrected chi connectivity index (χ0v) is 11.0. The third-order valence-corrected chi connectivity index (χ3v) is 2.86. The Morgan fingerprint density at radius 2 is 2.26 bits per heavy atom. The molecular weight excluding hydrogens is 264 g/mol. The van der Waals surface area contributed by atoms with Crippen LogP contribution in [0.4, 0.5) is 0 Å². The fourth-order valence-electron chi connectivity index (χ4n) is 1.61. The number of carbonyl (C=O) groups is 1. The van der Waals surface area contributed by atoms with E-state index >= 15 is 0 Å². The number of rotatable bonds is 3. The quantitative estimate of drug-likeness (QED) is 0.865. The lowest BCUT2D eigenvalue weighted by Gasteiger charge is -2.05. The zero-order chi connectivity index (χ0) is 13.8. The van der Waals surface area contributed by atoms with Crippen molar-refractivity contribution in [2.45, 2.75) is 6.92 Å². The molecule has 1 heterocycles. The highest BCUT2D eigenvalue weighted by Crippen LogP contribution is 2.20. The SMILES string of the molecule is C#CCNC(=O)c1nnn(-c2ccccc2Cl)c1C. The predicted molar refractivity (Wildman–Crippen MR) is 72.3 cm³/mol. The van der Waals surface area contributed by atoms with Gasteiger partial charge in [0.05, 0.1) is 22.9 Å². The van der Waals surface area contributed by atoms with Crippen LogP contribution in [0.25, 0.3) is 5.69 Å². The van der Waals surface area contributed by atoms with Crippen LogP contribution in [0, 0.1) is 19.3 Å². The van der Waals surface area contributed by atoms with Crippen molar-refractivity contribution in [3.05, 3.63) is 40.7 Å². The Bertz CT molecular complexity index is 657. The lowest BCUT2D eigenvalue weighted by molar-refractivity contribution is 0.0953. The molecular formula is C13H11ClN4O. The molecule has 2 rings (SSSR count). The van der Waals surface area contributed by atoms with Crippen LogP contribution >= 0.6 is 11.6 Å². The Morgan fingerprint density at radius 3 is 2.95 bits per heavy atom. The van der Waals surface area contributed by atoms with Gasteiger partial charge in [0.25, 0.3) is 5.91 Å². The van der Waals surface area contributed by atoms with Crippen molar-refractivity contribution in [2.75, 3.05) is 6.54 Å². The first kappa shape index (κ1) is 13.1. The standard InChI is InChI=1S/C13H11ClN4O/c1-3-8-15-13(19)12-9(2)18(17-16-12)11-7-5-4-6-10(11)14/h1,4-7H,8H2,2H3,(H,15,19). The fourth-order valence-corrected chi connectivity index (χ4v) is 1.82. The van der Waals surface area contributed by atoms with Crippen molar-refractivity contribution < 1.29 is 4.79 Å². The van der Waals surface area contributed by atoms with Gasteiger partial charge in [0.15, 0.2) is 5.69 Å². The van der Waals surface area contributed by atoms with Crippen LogP contribution in [0.2, 0.25) is 5.02 Å². The van der Waals surface area contributed by atoms with Gasteiger partial charge in [-0.2, -0.15) is 0 Å². The summed E-state index contributed by atoms with van der Waals surface area (Å²) in [7, 11) is 0. The minimum atomic E-state index is -0.353. The van der Waals surface area contributed by atoms with E-state index in [0.717, 1.165) is 0 Å². The number of hydrogen-bond donors (Lipinski definition) is 1. The second kappa shape index (κ2) is 5.55. The Labute approximate surface area is 115 Å². The van der Waals surface area contributed by atoms with E-state index in [1.165, 1.54) is 4.68 Å². The molecule has 1 aromatic heterocycles. The highest BCUT2D eigenvalue weighted by atomic mass is 35.5. The van der Waals surface area contributed by atoms with Crippen molar-refractivity contribution >= 4 is 17.5 Å². The average molecular weight is 275 g/mol. The number of hydrogen-bond acceptors (Lipinski definition) is 3. The Morgan fingerprint density at radius 1 is 1.53 bits per heavy atom. The molecule has 0 aliphatic rings. The monoisotopic (exact) mass is 274 g/mol. The molecule has 0 saturated carbocycles. The second-order valence-corrected chi connectivity index (χ2v) is 4.18. The third-order valence-electron chi connectivity index (χ3n) is 2.54. The van der Waals surface area contributed by atoms with Crippen molar-refractivity contribution in [3.8, 4) is 18.0 Å². The summed E-state index contributed by atoms with van der Waals surface area (Å²) in [5.74, 6) is 1.97. The third kappa shape index (κ3) is 2.59. The maximum atomic E-state index is 11.8. The smallest absolute Gasteiger partial charge is 0.274 e. The van der Waals surface area contributed by atoms with E-state index in [9.17, 15) is 4.79 Å². The van der Waals surface area contributed by atoms with Crippen LogP contribution in [0.15, 0.2) is 24.3 Å². The van der Waals surface area contributed by atoms with Gasteiger partial charge in [-0.1, -0.05) is 34.9 Å². The molecule has 0 atom stereocenters. The summed E-state index contributed by atoms with van der Waals surface area (Å²) in [6.07, 6.45) is 5.09. The van der Waals surface area contributed by atoms with Gasteiger partial charge >= 0.3 is 0 Å². The van der Waals surface area contributed by atoms with E-state index in [0.29, 0.717) is 16.4 Å². The minimum absolute atomic E-state index is 0.150. The van der Waals surface area contributed by atoms with Crippen molar-refractivity contribution in [3.63, 3.8) is 0 Å². The number of aromatic nitrogens is 3. The predicted octanol–water partition coefficient (Wildman–Crippen LogP) is 1.59. The second-order valence-electron chi connectivity index (χ2n) is 3.77. The lowest BCUT2D eigenvalue weighted by Crippen LogP contribution is -2.24. The molecule has 0 unspecified atom stereocenters. The summed E-state index contributed by atoms with van der Waals surface area (Å²) in [5.41, 5.74) is 1.50. The number of halogens is 1. The number of benzene rings is 1. The van der Waals surface area contributed by atoms with E-state index in [1.54, 1.807) is 19.1 Å². The number of para-hydroxylation sites is 1. The lowest BCUT2D eigenvalue weighted by atomic mass is 10.3. The fraction of sp³-hybridized carbons (Fsp3) is 0.154. The highest BCUT2D eigenvalue weighted by molar-refractivity contribution is 6.32. The number of nitrogens with zero attached hydrogens (tertiary/aromatic N) is 3. The first-order valence-corrected chi connectivity index (χ1v) is 5.92. The van der Waals surface area contributed by atoms with Gasteiger partial charge in [-0.25, -0.2) is 4.68 Å². The van der Waals surface area contributed by atoms with Crippen LogP contribution in [0.1, 0.15) is 16.2 Å². The van der Waals surface area contributed by atoms with E-state index in [2.05, 4.69) is 21.5 Å². The molecule has 0 aliphatic carbocycles. The molecule has 1 aromatic carbocycles. The highest BCUT2D eigenvalue weighted by Gasteiger charge is 2.17. The Hall–Kier alpha value is -2.32. The van der Waals surface area contributed by atoms with E-state index < -0.39 is 0 Å². The Kier molecular flexibility index (Phi) is 3.83. The largest absolute Gasteiger partial charge is 0.340 e. The van der Waals surface area contributed by atoms with Crippen LogP contribution in [-0.4, -0.2) is 27.4 Å². The summed E-state index contributed by atoms with van der Waals surface area (Å²) in [6, 6.07) is 7.20. The van der Waals surface area contributed by atoms with Gasteiger partial charge in [-0.3, -0.25) is 4.79 Å². The van der Waals surface area contributed by atoms with Gasteiger partial charge in [0.1, 0.15) is 0 Å². The summed E-state index contributed by atoms with van der Waals surface area (Å²) in [6.45, 7) is 1.89. The van der Waals surface area contributed by atoms with Crippen molar-refractivity contribution in [2.24, 2.45) is 0 Å². The van der Waals surface area contributed by atoms with E-state index in [1.807, 2.05) is 12.1 Å². The molecule has 0 fully saturated rings. The number of carbonyl (C=O) groups excluding carboxylic acids is 1. The topological polar surface area (TPSA) is 59.8 Å². The zero-order valence-electron chi connectivity index (χ0n) is 10.2. The maximum absolute atomic E-state index is 11.8. The van der Waals surface area contributed by atoms with Gasteiger partial charge in [-0.05, 0) is 19.1 Å². The molecule has 19 heavy (non-hydrogen) atoms. The van der Waals surface area contributed by atoms with Gasteiger partial charge < -0.3 is 5.32 Å². The molecule has 1 N–H and O–H groups in total. The normalized spacial score (nSPS) is 9.95. The molecule has 0 saturated heterocycles. The van der Waals surface area contributed by atoms with Crippen LogP contribution < -0.4 is 5.32 Å². The first-order chi connectivity index (χ1) is 9.15. The van der Waals surface area contributed by atoms with Gasteiger partial charge in [0.2, 0.25) is 0 Å². The maximum Gasteiger partial charge on any atom is 0.274 e. The number of terminal acetylenes is 1. The number of nitrogens with one attached hydrogen (secondary N) is 1. The molecule has 96 valence electrons. The molecule has 0 spiro atoms. The van der Waals surface area contributed by atoms with Crippen molar-refractivity contribution in [1.82, 2.24) is 20.3 Å². The Balaban J connectivity index is 2.37. The molecule has 2 aromatic rings. The van der Waals surface area contributed by atoms with E-state index in [4.69, 9.17) is 18.0 Å². The summed E-state index contributed by atoms with van der Waals surface area (Å²) in [5, 5.41) is 10.9. The molecule has 5 nitrogen and oxygen atoms in total. The summed E-state index contributed by atoms with van der Waals surface area (Å²) < 4.78 is 1.52. The molecule has 1 amide bonds. The molecule has 0 radical (unpaired) electrons.